The lowest BCUT2D eigenvalue weighted by atomic mass is 10.2. The molecule has 23 heavy (non-hydrogen) atoms. The SMILES string of the molecule is Cc1noc(C)c1S(=O)(=O)NCCCc1c[nH]c2nccnc12. The van der Waals surface area contributed by atoms with Crippen molar-refractivity contribution in [1.82, 2.24) is 24.8 Å². The van der Waals surface area contributed by atoms with Crippen molar-refractivity contribution in [3.05, 3.63) is 35.6 Å². The summed E-state index contributed by atoms with van der Waals surface area (Å²) in [4.78, 5) is 11.6. The first kappa shape index (κ1) is 15.6. The van der Waals surface area contributed by atoms with E-state index < -0.39 is 10.0 Å². The Morgan fingerprint density at radius 3 is 2.78 bits per heavy atom. The van der Waals surface area contributed by atoms with Gasteiger partial charge in [0.1, 0.15) is 16.1 Å². The predicted molar refractivity (Wildman–Crippen MR) is 83.4 cm³/mol. The average molecular weight is 335 g/mol. The molecule has 0 aromatic carbocycles. The summed E-state index contributed by atoms with van der Waals surface area (Å²) in [7, 11) is -3.60. The summed E-state index contributed by atoms with van der Waals surface area (Å²) >= 11 is 0. The van der Waals surface area contributed by atoms with E-state index >= 15 is 0 Å². The second kappa shape index (κ2) is 6.09. The summed E-state index contributed by atoms with van der Waals surface area (Å²) in [6.45, 7) is 3.51. The Kier molecular flexibility index (Phi) is 4.14. The maximum atomic E-state index is 12.3. The van der Waals surface area contributed by atoms with Crippen molar-refractivity contribution in [2.45, 2.75) is 31.6 Å². The highest BCUT2D eigenvalue weighted by molar-refractivity contribution is 7.89. The van der Waals surface area contributed by atoms with Gasteiger partial charge in [-0.2, -0.15) is 0 Å². The van der Waals surface area contributed by atoms with Crippen LogP contribution in [-0.4, -0.2) is 35.1 Å². The van der Waals surface area contributed by atoms with Gasteiger partial charge in [0.2, 0.25) is 10.0 Å². The molecule has 3 heterocycles. The zero-order valence-electron chi connectivity index (χ0n) is 12.8. The topological polar surface area (TPSA) is 114 Å². The second-order valence-corrected chi connectivity index (χ2v) is 6.93. The fourth-order valence-corrected chi connectivity index (χ4v) is 3.91. The van der Waals surface area contributed by atoms with Gasteiger partial charge in [-0.25, -0.2) is 18.1 Å². The third kappa shape index (κ3) is 3.10. The van der Waals surface area contributed by atoms with E-state index in [4.69, 9.17) is 4.52 Å². The molecule has 3 aromatic heterocycles. The van der Waals surface area contributed by atoms with E-state index in [1.807, 2.05) is 6.20 Å². The second-order valence-electron chi connectivity index (χ2n) is 5.22. The molecule has 0 aliphatic rings. The molecule has 0 aliphatic carbocycles. The first-order valence-corrected chi connectivity index (χ1v) is 8.67. The Morgan fingerprint density at radius 2 is 2.04 bits per heavy atom. The lowest BCUT2D eigenvalue weighted by Crippen LogP contribution is -2.26. The average Bonchev–Trinajstić information content (AvgIpc) is 3.08. The number of hydrogen-bond donors (Lipinski definition) is 2. The highest BCUT2D eigenvalue weighted by Gasteiger charge is 2.23. The molecule has 0 fully saturated rings. The van der Waals surface area contributed by atoms with Crippen LogP contribution in [0.3, 0.4) is 0 Å². The molecule has 0 atom stereocenters. The van der Waals surface area contributed by atoms with Crippen LogP contribution in [-0.2, 0) is 16.4 Å². The molecule has 0 aliphatic heterocycles. The maximum Gasteiger partial charge on any atom is 0.245 e. The van der Waals surface area contributed by atoms with E-state index in [2.05, 4.69) is 24.8 Å². The van der Waals surface area contributed by atoms with Gasteiger partial charge in [-0.15, -0.1) is 0 Å². The summed E-state index contributed by atoms with van der Waals surface area (Å²) < 4.78 is 32.0. The number of nitrogens with one attached hydrogen (secondary N) is 2. The van der Waals surface area contributed by atoms with Crippen molar-refractivity contribution >= 4 is 21.2 Å². The summed E-state index contributed by atoms with van der Waals surface area (Å²) in [6.07, 6.45) is 6.46. The molecular formula is C14H17N5O3S. The van der Waals surface area contributed by atoms with Gasteiger partial charge in [-0.1, -0.05) is 5.16 Å². The number of fused-ring (bicyclic) bond motifs is 1. The third-order valence-corrected chi connectivity index (χ3v) is 5.24. The van der Waals surface area contributed by atoms with Crippen LogP contribution in [0.5, 0.6) is 0 Å². The number of aromatic amines is 1. The van der Waals surface area contributed by atoms with Crippen molar-refractivity contribution in [2.24, 2.45) is 0 Å². The quantitative estimate of drug-likeness (QED) is 0.659. The van der Waals surface area contributed by atoms with Crippen molar-refractivity contribution in [3.63, 3.8) is 0 Å². The van der Waals surface area contributed by atoms with Gasteiger partial charge in [0.05, 0.1) is 0 Å². The monoisotopic (exact) mass is 335 g/mol. The Labute approximate surface area is 133 Å². The maximum absolute atomic E-state index is 12.3. The first-order chi connectivity index (χ1) is 11.0. The lowest BCUT2D eigenvalue weighted by molar-refractivity contribution is 0.390. The summed E-state index contributed by atoms with van der Waals surface area (Å²) in [5, 5.41) is 3.67. The largest absolute Gasteiger partial charge is 0.360 e. The van der Waals surface area contributed by atoms with E-state index in [1.165, 1.54) is 0 Å². The van der Waals surface area contributed by atoms with E-state index in [-0.39, 0.29) is 4.90 Å². The predicted octanol–water partition coefficient (Wildman–Crippen LogP) is 1.47. The number of H-pyrrole nitrogens is 1. The molecule has 3 rings (SSSR count). The number of nitrogens with zero attached hydrogens (tertiary/aromatic N) is 3. The van der Waals surface area contributed by atoms with Crippen LogP contribution in [0.15, 0.2) is 28.0 Å². The Bertz CT molecular complexity index is 909. The Morgan fingerprint density at radius 1 is 1.26 bits per heavy atom. The van der Waals surface area contributed by atoms with Crippen molar-refractivity contribution in [2.75, 3.05) is 6.54 Å². The summed E-state index contributed by atoms with van der Waals surface area (Å²) in [5.74, 6) is 0.293. The molecule has 0 radical (unpaired) electrons. The molecule has 3 aromatic rings. The smallest absolute Gasteiger partial charge is 0.245 e. The van der Waals surface area contributed by atoms with Gasteiger partial charge in [0, 0.05) is 25.1 Å². The molecule has 8 nitrogen and oxygen atoms in total. The van der Waals surface area contributed by atoms with E-state index in [0.29, 0.717) is 30.8 Å². The molecule has 9 heteroatoms. The number of aryl methyl sites for hydroxylation is 3. The van der Waals surface area contributed by atoms with Gasteiger partial charge < -0.3 is 9.51 Å². The fourth-order valence-electron chi connectivity index (χ4n) is 2.51. The van der Waals surface area contributed by atoms with E-state index in [1.54, 1.807) is 26.2 Å². The van der Waals surface area contributed by atoms with Crippen LogP contribution in [0, 0.1) is 13.8 Å². The van der Waals surface area contributed by atoms with Crippen molar-refractivity contribution < 1.29 is 12.9 Å². The first-order valence-electron chi connectivity index (χ1n) is 7.18. The zero-order chi connectivity index (χ0) is 16.4. The molecule has 0 saturated heterocycles. The number of sulfonamides is 1. The van der Waals surface area contributed by atoms with E-state index in [0.717, 1.165) is 16.7 Å². The van der Waals surface area contributed by atoms with Gasteiger partial charge in [0.25, 0.3) is 0 Å². The number of aromatic nitrogens is 4. The van der Waals surface area contributed by atoms with Crippen molar-refractivity contribution in [3.8, 4) is 0 Å². The molecule has 0 bridgehead atoms. The zero-order valence-corrected chi connectivity index (χ0v) is 13.6. The Balaban J connectivity index is 1.62. The molecule has 0 saturated carbocycles. The van der Waals surface area contributed by atoms with Crippen LogP contribution in [0.2, 0.25) is 0 Å². The van der Waals surface area contributed by atoms with Gasteiger partial charge in [-0.05, 0) is 32.3 Å². The minimum Gasteiger partial charge on any atom is -0.360 e. The molecular weight excluding hydrogens is 318 g/mol. The highest BCUT2D eigenvalue weighted by atomic mass is 32.2. The summed E-state index contributed by atoms with van der Waals surface area (Å²) in [6, 6.07) is 0. The third-order valence-electron chi connectivity index (χ3n) is 3.54. The van der Waals surface area contributed by atoms with Crippen LogP contribution < -0.4 is 4.72 Å². The minimum absolute atomic E-state index is 0.121. The molecule has 0 amide bonds. The molecule has 0 spiro atoms. The van der Waals surface area contributed by atoms with Crippen LogP contribution >= 0.6 is 0 Å². The lowest BCUT2D eigenvalue weighted by Gasteiger charge is -2.05. The number of hydrogen-bond acceptors (Lipinski definition) is 6. The van der Waals surface area contributed by atoms with Crippen LogP contribution in [0.4, 0.5) is 0 Å². The van der Waals surface area contributed by atoms with Crippen LogP contribution in [0.1, 0.15) is 23.4 Å². The standard InChI is InChI=1S/C14H17N5O3S/c1-9-13(10(2)22-19-9)23(20,21)18-5-3-4-11-8-17-14-12(11)15-6-7-16-14/h6-8,18H,3-5H2,1-2H3,(H,16,17). The molecule has 2 N–H and O–H groups in total. The highest BCUT2D eigenvalue weighted by Crippen LogP contribution is 2.19. The normalized spacial score (nSPS) is 12.1. The molecule has 0 unspecified atom stereocenters. The van der Waals surface area contributed by atoms with Crippen LogP contribution in [0.25, 0.3) is 11.2 Å². The molecule has 122 valence electrons. The number of rotatable bonds is 6. The van der Waals surface area contributed by atoms with Crippen molar-refractivity contribution in [1.29, 1.82) is 0 Å². The minimum atomic E-state index is -3.60. The fraction of sp³-hybridized carbons (Fsp3) is 0.357. The van der Waals surface area contributed by atoms with Gasteiger partial charge >= 0.3 is 0 Å². The summed E-state index contributed by atoms with van der Waals surface area (Å²) in [5.41, 5.74) is 2.94. The van der Waals surface area contributed by atoms with Gasteiger partial charge in [0.15, 0.2) is 11.4 Å². The van der Waals surface area contributed by atoms with E-state index in [9.17, 15) is 8.42 Å². The van der Waals surface area contributed by atoms with Gasteiger partial charge in [-0.3, -0.25) is 4.98 Å². The Hall–Kier alpha value is -2.26.